The molecule has 26 heavy (non-hydrogen) atoms. The summed E-state index contributed by atoms with van der Waals surface area (Å²) >= 11 is 0. The highest BCUT2D eigenvalue weighted by Crippen LogP contribution is 2.23. The van der Waals surface area contributed by atoms with Crippen molar-refractivity contribution in [1.82, 2.24) is 0 Å². The number of carbonyl (C=O) groups excluding carboxylic acids is 1. The van der Waals surface area contributed by atoms with Crippen molar-refractivity contribution in [2.24, 2.45) is 0 Å². The number of hydrogen-bond donors (Lipinski definition) is 2. The van der Waals surface area contributed by atoms with Crippen molar-refractivity contribution in [3.05, 3.63) is 53.6 Å². The maximum absolute atomic E-state index is 12.0. The predicted octanol–water partition coefficient (Wildman–Crippen LogP) is 3.51. The van der Waals surface area contributed by atoms with Gasteiger partial charge in [-0.05, 0) is 60.4 Å². The summed E-state index contributed by atoms with van der Waals surface area (Å²) in [5.74, 6) is 0.793. The lowest BCUT2D eigenvalue weighted by Gasteiger charge is -2.12. The molecule has 1 amide bonds. The molecule has 7 heteroatoms. The highest BCUT2D eigenvalue weighted by Gasteiger charge is 2.08. The van der Waals surface area contributed by atoms with Crippen molar-refractivity contribution >= 4 is 27.3 Å². The first-order chi connectivity index (χ1) is 12.1. The highest BCUT2D eigenvalue weighted by atomic mass is 32.2. The number of rotatable bonds is 7. The minimum absolute atomic E-state index is 0.107. The van der Waals surface area contributed by atoms with Crippen LogP contribution in [0.5, 0.6) is 5.75 Å². The number of aryl methyl sites for hydroxylation is 1. The first-order valence-corrected chi connectivity index (χ1v) is 10.1. The van der Waals surface area contributed by atoms with Crippen LogP contribution in [-0.4, -0.2) is 27.2 Å². The molecular weight excluding hydrogens is 352 g/mol. The second kappa shape index (κ2) is 8.23. The molecule has 0 saturated carbocycles. The van der Waals surface area contributed by atoms with Crippen LogP contribution in [-0.2, 0) is 14.8 Å². The van der Waals surface area contributed by atoms with Crippen LogP contribution in [0.15, 0.2) is 42.5 Å². The second-order valence-corrected chi connectivity index (χ2v) is 8.21. The van der Waals surface area contributed by atoms with Crippen LogP contribution in [0, 0.1) is 6.92 Å². The zero-order valence-electron chi connectivity index (χ0n) is 15.4. The molecule has 6 nitrogen and oxygen atoms in total. The lowest BCUT2D eigenvalue weighted by Crippen LogP contribution is -2.20. The molecule has 2 aromatic rings. The van der Waals surface area contributed by atoms with Gasteiger partial charge in [0.15, 0.2) is 6.61 Å². The first kappa shape index (κ1) is 19.8. The monoisotopic (exact) mass is 376 g/mol. The Bertz CT molecular complexity index is 875. The number of benzene rings is 2. The molecule has 0 spiro atoms. The summed E-state index contributed by atoms with van der Waals surface area (Å²) in [5.41, 5.74) is 3.38. The Balaban J connectivity index is 1.90. The Morgan fingerprint density at radius 1 is 1.08 bits per heavy atom. The molecule has 0 aliphatic carbocycles. The normalized spacial score (nSPS) is 11.3. The van der Waals surface area contributed by atoms with Crippen molar-refractivity contribution in [3.63, 3.8) is 0 Å². The second-order valence-electron chi connectivity index (χ2n) is 6.46. The first-order valence-electron chi connectivity index (χ1n) is 8.25. The zero-order chi connectivity index (χ0) is 19.3. The van der Waals surface area contributed by atoms with E-state index < -0.39 is 10.0 Å². The van der Waals surface area contributed by atoms with Crippen LogP contribution in [0.3, 0.4) is 0 Å². The van der Waals surface area contributed by atoms with Crippen molar-refractivity contribution in [2.45, 2.75) is 26.7 Å². The minimum Gasteiger partial charge on any atom is -0.484 e. The lowest BCUT2D eigenvalue weighted by atomic mass is 9.98. The van der Waals surface area contributed by atoms with Crippen LogP contribution in [0.1, 0.15) is 30.9 Å². The van der Waals surface area contributed by atoms with Gasteiger partial charge in [-0.25, -0.2) is 8.42 Å². The molecule has 0 bridgehead atoms. The standard InChI is InChI=1S/C19H24N2O4S/c1-13(2)18-10-9-17(11-14(18)3)25-12-19(22)20-15-5-7-16(8-6-15)21-26(4,23)24/h5-11,13,21H,12H2,1-4H3,(H,20,22). The SMILES string of the molecule is Cc1cc(OCC(=O)Nc2ccc(NS(C)(=O)=O)cc2)ccc1C(C)C. The molecule has 2 N–H and O–H groups in total. The van der Waals surface area contributed by atoms with E-state index in [0.717, 1.165) is 11.8 Å². The van der Waals surface area contributed by atoms with Gasteiger partial charge in [-0.15, -0.1) is 0 Å². The molecule has 0 aliphatic heterocycles. The molecule has 2 rings (SSSR count). The van der Waals surface area contributed by atoms with Crippen molar-refractivity contribution < 1.29 is 17.9 Å². The number of nitrogens with one attached hydrogen (secondary N) is 2. The molecular formula is C19H24N2O4S. The van der Waals surface area contributed by atoms with Gasteiger partial charge in [0.2, 0.25) is 10.0 Å². The average Bonchev–Trinajstić information content (AvgIpc) is 2.53. The number of amides is 1. The van der Waals surface area contributed by atoms with Crippen LogP contribution in [0.2, 0.25) is 0 Å². The Morgan fingerprint density at radius 2 is 1.69 bits per heavy atom. The van der Waals surface area contributed by atoms with Gasteiger partial charge < -0.3 is 10.1 Å². The maximum atomic E-state index is 12.0. The van der Waals surface area contributed by atoms with E-state index in [1.165, 1.54) is 5.56 Å². The van der Waals surface area contributed by atoms with Gasteiger partial charge in [0.05, 0.1) is 6.26 Å². The minimum atomic E-state index is -3.32. The molecule has 0 radical (unpaired) electrons. The van der Waals surface area contributed by atoms with Gasteiger partial charge in [-0.3, -0.25) is 9.52 Å². The summed E-state index contributed by atoms with van der Waals surface area (Å²) in [6.45, 7) is 6.18. The smallest absolute Gasteiger partial charge is 0.262 e. The van der Waals surface area contributed by atoms with Gasteiger partial charge >= 0.3 is 0 Å². The summed E-state index contributed by atoms with van der Waals surface area (Å²) in [5, 5.41) is 2.71. The van der Waals surface area contributed by atoms with Crippen LogP contribution >= 0.6 is 0 Å². The summed E-state index contributed by atoms with van der Waals surface area (Å²) in [6, 6.07) is 12.2. The summed E-state index contributed by atoms with van der Waals surface area (Å²) in [6.07, 6.45) is 1.08. The number of carbonyl (C=O) groups is 1. The molecule has 2 aromatic carbocycles. The molecule has 0 atom stereocenters. The van der Waals surface area contributed by atoms with Crippen LogP contribution in [0.4, 0.5) is 11.4 Å². The van der Waals surface area contributed by atoms with Gasteiger partial charge in [0.1, 0.15) is 5.75 Å². The van der Waals surface area contributed by atoms with E-state index in [1.54, 1.807) is 24.3 Å². The molecule has 0 heterocycles. The topological polar surface area (TPSA) is 84.5 Å². The lowest BCUT2D eigenvalue weighted by molar-refractivity contribution is -0.118. The van der Waals surface area contributed by atoms with Gasteiger partial charge in [-0.2, -0.15) is 0 Å². The van der Waals surface area contributed by atoms with Gasteiger partial charge in [-0.1, -0.05) is 19.9 Å². The molecule has 0 saturated heterocycles. The molecule has 0 fully saturated rings. The number of anilines is 2. The number of ether oxygens (including phenoxy) is 1. The zero-order valence-corrected chi connectivity index (χ0v) is 16.2. The number of sulfonamides is 1. The Morgan fingerprint density at radius 3 is 2.23 bits per heavy atom. The summed E-state index contributed by atoms with van der Waals surface area (Å²) in [4.78, 5) is 12.0. The number of hydrogen-bond acceptors (Lipinski definition) is 4. The van der Waals surface area contributed by atoms with Crippen LogP contribution in [0.25, 0.3) is 0 Å². The third-order valence-corrected chi connectivity index (χ3v) is 4.31. The fourth-order valence-electron chi connectivity index (χ4n) is 2.57. The average molecular weight is 376 g/mol. The largest absolute Gasteiger partial charge is 0.484 e. The van der Waals surface area contributed by atoms with Crippen molar-refractivity contribution in [3.8, 4) is 5.75 Å². The molecule has 0 aromatic heterocycles. The third-order valence-electron chi connectivity index (χ3n) is 3.71. The maximum Gasteiger partial charge on any atom is 0.262 e. The van der Waals surface area contributed by atoms with Crippen molar-refractivity contribution in [1.29, 1.82) is 0 Å². The molecule has 140 valence electrons. The Labute approximate surface area is 154 Å². The van der Waals surface area contributed by atoms with E-state index in [4.69, 9.17) is 4.74 Å². The van der Waals surface area contributed by atoms with Crippen LogP contribution < -0.4 is 14.8 Å². The summed E-state index contributed by atoms with van der Waals surface area (Å²) in [7, 11) is -3.32. The fraction of sp³-hybridized carbons (Fsp3) is 0.316. The fourth-order valence-corrected chi connectivity index (χ4v) is 3.13. The van der Waals surface area contributed by atoms with E-state index in [9.17, 15) is 13.2 Å². The summed E-state index contributed by atoms with van der Waals surface area (Å²) < 4.78 is 30.2. The predicted molar refractivity (Wildman–Crippen MR) is 104 cm³/mol. The van der Waals surface area contributed by atoms with E-state index in [-0.39, 0.29) is 12.5 Å². The third kappa shape index (κ3) is 6.07. The Hall–Kier alpha value is -2.54. The van der Waals surface area contributed by atoms with Gasteiger partial charge in [0, 0.05) is 11.4 Å². The van der Waals surface area contributed by atoms with E-state index >= 15 is 0 Å². The Kier molecular flexibility index (Phi) is 6.26. The molecule has 0 unspecified atom stereocenters. The highest BCUT2D eigenvalue weighted by molar-refractivity contribution is 7.92. The van der Waals surface area contributed by atoms with E-state index in [1.807, 2.05) is 25.1 Å². The van der Waals surface area contributed by atoms with E-state index in [0.29, 0.717) is 23.0 Å². The quantitative estimate of drug-likeness (QED) is 0.774. The van der Waals surface area contributed by atoms with Crippen molar-refractivity contribution in [2.75, 3.05) is 22.9 Å². The van der Waals surface area contributed by atoms with Gasteiger partial charge in [0.25, 0.3) is 5.91 Å². The van der Waals surface area contributed by atoms with E-state index in [2.05, 4.69) is 23.9 Å². The molecule has 0 aliphatic rings.